The monoisotopic (exact) mass is 318 g/mol. The number of halogens is 1. The van der Waals surface area contributed by atoms with Crippen molar-refractivity contribution in [1.82, 2.24) is 10.2 Å². The lowest BCUT2D eigenvalue weighted by atomic mass is 9.98. The summed E-state index contributed by atoms with van der Waals surface area (Å²) in [5.41, 5.74) is -0.581. The van der Waals surface area contributed by atoms with Crippen LogP contribution in [-0.2, 0) is 9.53 Å². The number of likely N-dealkylation sites (tertiary alicyclic amines) is 1. The zero-order valence-electron chi connectivity index (χ0n) is 13.6. The van der Waals surface area contributed by atoms with Crippen molar-refractivity contribution in [2.75, 3.05) is 13.1 Å². The number of hydrogen-bond acceptors (Lipinski definition) is 3. The van der Waals surface area contributed by atoms with Gasteiger partial charge in [-0.3, -0.25) is 4.79 Å². The SMILES string of the molecule is CC[C@H](C)[C@H](NC(=O)OC(C)(C)C)C(=O)N1CCC(Cl)C1. The van der Waals surface area contributed by atoms with E-state index in [1.165, 1.54) is 0 Å². The molecule has 1 aliphatic rings. The molecule has 0 spiro atoms. The summed E-state index contributed by atoms with van der Waals surface area (Å²) >= 11 is 6.06. The van der Waals surface area contributed by atoms with Crippen molar-refractivity contribution >= 4 is 23.6 Å². The summed E-state index contributed by atoms with van der Waals surface area (Å²) in [7, 11) is 0. The van der Waals surface area contributed by atoms with E-state index < -0.39 is 17.7 Å². The third-order valence-corrected chi connectivity index (χ3v) is 3.95. The van der Waals surface area contributed by atoms with Crippen LogP contribution in [0.3, 0.4) is 0 Å². The first-order chi connectivity index (χ1) is 9.64. The Bertz CT molecular complexity index is 382. The molecule has 1 rings (SSSR count). The Morgan fingerprint density at radius 1 is 1.43 bits per heavy atom. The number of ether oxygens (including phenoxy) is 1. The molecule has 5 nitrogen and oxygen atoms in total. The summed E-state index contributed by atoms with van der Waals surface area (Å²) < 4.78 is 5.25. The number of rotatable bonds is 4. The number of carbonyl (C=O) groups excluding carboxylic acids is 2. The van der Waals surface area contributed by atoms with Crippen LogP contribution in [0.2, 0.25) is 0 Å². The fraction of sp³-hybridized carbons (Fsp3) is 0.867. The normalized spacial score (nSPS) is 21.8. The second-order valence-corrected chi connectivity index (χ2v) is 7.30. The molecule has 0 aromatic carbocycles. The number of carbonyl (C=O) groups is 2. The number of alkyl carbamates (subject to hydrolysis) is 1. The van der Waals surface area contributed by atoms with E-state index in [0.717, 1.165) is 12.8 Å². The number of hydrogen-bond donors (Lipinski definition) is 1. The van der Waals surface area contributed by atoms with Crippen LogP contribution in [-0.4, -0.2) is 47.0 Å². The van der Waals surface area contributed by atoms with Crippen molar-refractivity contribution in [2.24, 2.45) is 5.92 Å². The molecule has 0 radical (unpaired) electrons. The molecule has 1 saturated heterocycles. The Balaban J connectivity index is 2.72. The molecule has 0 aromatic heterocycles. The van der Waals surface area contributed by atoms with Gasteiger partial charge in [-0.2, -0.15) is 0 Å². The Morgan fingerprint density at radius 2 is 2.05 bits per heavy atom. The maximum Gasteiger partial charge on any atom is 0.408 e. The minimum atomic E-state index is -0.581. The smallest absolute Gasteiger partial charge is 0.408 e. The van der Waals surface area contributed by atoms with Gasteiger partial charge in [0.2, 0.25) is 5.91 Å². The highest BCUT2D eigenvalue weighted by Gasteiger charge is 2.34. The van der Waals surface area contributed by atoms with E-state index in [0.29, 0.717) is 13.1 Å². The van der Waals surface area contributed by atoms with Crippen molar-refractivity contribution in [3.8, 4) is 0 Å². The first-order valence-electron chi connectivity index (χ1n) is 7.56. The number of nitrogens with one attached hydrogen (secondary N) is 1. The number of alkyl halides is 1. The molecule has 2 amide bonds. The zero-order valence-corrected chi connectivity index (χ0v) is 14.4. The molecule has 6 heteroatoms. The van der Waals surface area contributed by atoms with Crippen LogP contribution in [0.1, 0.15) is 47.5 Å². The molecule has 0 aliphatic carbocycles. The van der Waals surface area contributed by atoms with E-state index in [1.54, 1.807) is 25.7 Å². The Hall–Kier alpha value is -0.970. The van der Waals surface area contributed by atoms with E-state index in [9.17, 15) is 9.59 Å². The van der Waals surface area contributed by atoms with Crippen molar-refractivity contribution in [3.05, 3.63) is 0 Å². The van der Waals surface area contributed by atoms with Gasteiger partial charge in [0.1, 0.15) is 11.6 Å². The average Bonchev–Trinajstić information content (AvgIpc) is 2.79. The summed E-state index contributed by atoms with van der Waals surface area (Å²) in [6, 6.07) is -0.563. The molecule has 1 heterocycles. The van der Waals surface area contributed by atoms with Gasteiger partial charge in [-0.15, -0.1) is 11.6 Å². The van der Waals surface area contributed by atoms with Crippen molar-refractivity contribution in [1.29, 1.82) is 0 Å². The standard InChI is InChI=1S/C15H27ClN2O3/c1-6-10(2)12(17-14(20)21-15(3,4)5)13(19)18-8-7-11(16)9-18/h10-12H,6-9H2,1-5H3,(H,17,20)/t10-,11?,12-/m0/s1. The lowest BCUT2D eigenvalue weighted by molar-refractivity contribution is -0.133. The van der Waals surface area contributed by atoms with Crippen LogP contribution in [0.4, 0.5) is 4.79 Å². The van der Waals surface area contributed by atoms with Gasteiger partial charge in [0, 0.05) is 13.1 Å². The van der Waals surface area contributed by atoms with Gasteiger partial charge >= 0.3 is 6.09 Å². The molecule has 1 N–H and O–H groups in total. The Labute approximate surface area is 132 Å². The maximum atomic E-state index is 12.6. The molecular weight excluding hydrogens is 292 g/mol. The molecule has 0 aromatic rings. The van der Waals surface area contributed by atoms with Crippen molar-refractivity contribution in [2.45, 2.75) is 64.5 Å². The number of nitrogens with zero attached hydrogens (tertiary/aromatic N) is 1. The van der Waals surface area contributed by atoms with Crippen LogP contribution in [0.15, 0.2) is 0 Å². The highest BCUT2D eigenvalue weighted by atomic mass is 35.5. The van der Waals surface area contributed by atoms with Gasteiger partial charge in [0.15, 0.2) is 0 Å². The molecule has 1 fully saturated rings. The molecule has 1 aliphatic heterocycles. The van der Waals surface area contributed by atoms with Gasteiger partial charge in [-0.25, -0.2) is 4.79 Å². The van der Waals surface area contributed by atoms with Gasteiger partial charge in [0.25, 0.3) is 0 Å². The van der Waals surface area contributed by atoms with Crippen LogP contribution in [0.25, 0.3) is 0 Å². The molecule has 21 heavy (non-hydrogen) atoms. The van der Waals surface area contributed by atoms with E-state index >= 15 is 0 Å². The zero-order chi connectivity index (χ0) is 16.2. The third kappa shape index (κ3) is 5.73. The molecule has 122 valence electrons. The maximum absolute atomic E-state index is 12.6. The first-order valence-corrected chi connectivity index (χ1v) is 8.00. The predicted octanol–water partition coefficient (Wildman–Crippen LogP) is 2.77. The first kappa shape index (κ1) is 18.1. The van der Waals surface area contributed by atoms with Gasteiger partial charge < -0.3 is 15.0 Å². The Kier molecular flexibility index (Phi) is 6.32. The van der Waals surface area contributed by atoms with E-state index in [2.05, 4.69) is 5.32 Å². The Morgan fingerprint density at radius 3 is 2.48 bits per heavy atom. The van der Waals surface area contributed by atoms with Gasteiger partial charge in [-0.1, -0.05) is 20.3 Å². The average molecular weight is 319 g/mol. The molecule has 3 atom stereocenters. The van der Waals surface area contributed by atoms with E-state index in [1.807, 2.05) is 13.8 Å². The van der Waals surface area contributed by atoms with Crippen LogP contribution >= 0.6 is 11.6 Å². The predicted molar refractivity (Wildman–Crippen MR) is 83.5 cm³/mol. The molecule has 0 bridgehead atoms. The quantitative estimate of drug-likeness (QED) is 0.811. The van der Waals surface area contributed by atoms with E-state index in [-0.39, 0.29) is 17.2 Å². The van der Waals surface area contributed by atoms with Gasteiger partial charge in [0.05, 0.1) is 5.38 Å². The minimum Gasteiger partial charge on any atom is -0.444 e. The van der Waals surface area contributed by atoms with Crippen LogP contribution < -0.4 is 5.32 Å². The summed E-state index contributed by atoms with van der Waals surface area (Å²) in [4.78, 5) is 26.3. The summed E-state index contributed by atoms with van der Waals surface area (Å²) in [6.45, 7) is 10.5. The van der Waals surface area contributed by atoms with Crippen LogP contribution in [0.5, 0.6) is 0 Å². The lowest BCUT2D eigenvalue weighted by Crippen LogP contribution is -2.52. The van der Waals surface area contributed by atoms with E-state index in [4.69, 9.17) is 16.3 Å². The van der Waals surface area contributed by atoms with Gasteiger partial charge in [-0.05, 0) is 33.1 Å². The highest BCUT2D eigenvalue weighted by molar-refractivity contribution is 6.21. The second kappa shape index (κ2) is 7.34. The third-order valence-electron chi connectivity index (χ3n) is 3.59. The van der Waals surface area contributed by atoms with Crippen molar-refractivity contribution < 1.29 is 14.3 Å². The number of amides is 2. The summed E-state index contributed by atoms with van der Waals surface area (Å²) in [5, 5.41) is 2.73. The second-order valence-electron chi connectivity index (χ2n) is 6.68. The minimum absolute atomic E-state index is 0.00746. The highest BCUT2D eigenvalue weighted by Crippen LogP contribution is 2.19. The van der Waals surface area contributed by atoms with Crippen LogP contribution in [0, 0.1) is 5.92 Å². The van der Waals surface area contributed by atoms with Crippen molar-refractivity contribution in [3.63, 3.8) is 0 Å². The summed E-state index contributed by atoms with van der Waals surface area (Å²) in [5.74, 6) is -0.0299. The topological polar surface area (TPSA) is 58.6 Å². The summed E-state index contributed by atoms with van der Waals surface area (Å²) in [6.07, 6.45) is 1.04. The molecule has 1 unspecified atom stereocenters. The lowest BCUT2D eigenvalue weighted by Gasteiger charge is -2.29. The largest absolute Gasteiger partial charge is 0.444 e. The molecular formula is C15H27ClN2O3. The fourth-order valence-electron chi connectivity index (χ4n) is 2.23. The molecule has 0 saturated carbocycles. The fourth-order valence-corrected chi connectivity index (χ4v) is 2.50.